The summed E-state index contributed by atoms with van der Waals surface area (Å²) in [4.78, 5) is 8.86. The Morgan fingerprint density at radius 1 is 1.20 bits per heavy atom. The first-order valence-corrected chi connectivity index (χ1v) is 8.65. The van der Waals surface area contributed by atoms with Gasteiger partial charge in [-0.3, -0.25) is 0 Å². The number of aliphatic imine (C=N–C) groups is 1. The van der Waals surface area contributed by atoms with Crippen LogP contribution in [0.3, 0.4) is 0 Å². The van der Waals surface area contributed by atoms with Gasteiger partial charge in [-0.25, -0.2) is 9.98 Å². The molecule has 1 aromatic heterocycles. The second kappa shape index (κ2) is 11.4. The minimum Gasteiger partial charge on any atom is -0.444 e. The lowest BCUT2D eigenvalue weighted by molar-refractivity contribution is 0.473. The average Bonchev–Trinajstić information content (AvgIpc) is 2.89. The third-order valence-corrected chi connectivity index (χ3v) is 3.89. The first-order chi connectivity index (χ1) is 11.6. The van der Waals surface area contributed by atoms with Crippen molar-refractivity contribution in [3.8, 4) is 0 Å². The fraction of sp³-hybridized carbons (Fsp3) is 0.444. The molecule has 0 bridgehead atoms. The molecule has 7 heteroatoms. The van der Waals surface area contributed by atoms with Crippen LogP contribution in [0.2, 0.25) is 5.02 Å². The van der Waals surface area contributed by atoms with Gasteiger partial charge in [-0.05, 0) is 51.3 Å². The zero-order valence-electron chi connectivity index (χ0n) is 14.9. The van der Waals surface area contributed by atoms with Gasteiger partial charge in [0, 0.05) is 18.1 Å². The molecule has 25 heavy (non-hydrogen) atoms. The molecule has 1 heterocycles. The van der Waals surface area contributed by atoms with Crippen LogP contribution in [0, 0.1) is 13.8 Å². The fourth-order valence-corrected chi connectivity index (χ4v) is 2.37. The highest BCUT2D eigenvalue weighted by molar-refractivity contribution is 14.0. The minimum atomic E-state index is 0. The molecule has 0 unspecified atom stereocenters. The van der Waals surface area contributed by atoms with Gasteiger partial charge in [0.25, 0.3) is 0 Å². The molecule has 0 amide bonds. The van der Waals surface area contributed by atoms with Gasteiger partial charge < -0.3 is 15.1 Å². The van der Waals surface area contributed by atoms with Gasteiger partial charge in [0.1, 0.15) is 12.3 Å². The molecule has 138 valence electrons. The van der Waals surface area contributed by atoms with E-state index in [1.807, 2.05) is 32.9 Å². The first-order valence-electron chi connectivity index (χ1n) is 8.28. The van der Waals surface area contributed by atoms with Crippen molar-refractivity contribution in [1.82, 2.24) is 15.6 Å². The molecule has 0 aliphatic rings. The first kappa shape index (κ1) is 21.8. The molecule has 0 saturated carbocycles. The fourth-order valence-electron chi connectivity index (χ4n) is 2.25. The van der Waals surface area contributed by atoms with Crippen LogP contribution in [0.15, 0.2) is 33.7 Å². The lowest BCUT2D eigenvalue weighted by atomic mass is 10.1. The number of rotatable bonds is 7. The minimum absolute atomic E-state index is 0. The second-order valence-corrected chi connectivity index (χ2v) is 6.04. The number of nitrogens with zero attached hydrogens (tertiary/aromatic N) is 2. The zero-order valence-corrected chi connectivity index (χ0v) is 18.0. The van der Waals surface area contributed by atoms with Gasteiger partial charge >= 0.3 is 0 Å². The summed E-state index contributed by atoms with van der Waals surface area (Å²) >= 11 is 5.90. The van der Waals surface area contributed by atoms with Gasteiger partial charge in [0.2, 0.25) is 5.89 Å². The highest BCUT2D eigenvalue weighted by Crippen LogP contribution is 2.11. The van der Waals surface area contributed by atoms with Gasteiger partial charge in [-0.15, -0.1) is 24.0 Å². The second-order valence-electron chi connectivity index (χ2n) is 5.60. The van der Waals surface area contributed by atoms with E-state index in [1.165, 1.54) is 5.56 Å². The van der Waals surface area contributed by atoms with E-state index in [-0.39, 0.29) is 24.0 Å². The van der Waals surface area contributed by atoms with Crippen molar-refractivity contribution in [2.75, 3.05) is 13.1 Å². The van der Waals surface area contributed by atoms with Crippen LogP contribution in [0.5, 0.6) is 0 Å². The van der Waals surface area contributed by atoms with E-state index in [0.717, 1.165) is 48.4 Å². The summed E-state index contributed by atoms with van der Waals surface area (Å²) in [6, 6.07) is 7.98. The summed E-state index contributed by atoms with van der Waals surface area (Å²) < 4.78 is 5.55. The van der Waals surface area contributed by atoms with Gasteiger partial charge in [-0.2, -0.15) is 0 Å². The third-order valence-electron chi connectivity index (χ3n) is 3.64. The van der Waals surface area contributed by atoms with Crippen molar-refractivity contribution in [2.24, 2.45) is 4.99 Å². The molecular weight excluding hydrogens is 451 g/mol. The number of benzene rings is 1. The Kier molecular flexibility index (Phi) is 9.89. The topological polar surface area (TPSA) is 62.5 Å². The van der Waals surface area contributed by atoms with Crippen LogP contribution in [0.1, 0.15) is 36.3 Å². The number of aromatic nitrogens is 1. The van der Waals surface area contributed by atoms with E-state index in [2.05, 4.69) is 32.7 Å². The predicted molar refractivity (Wildman–Crippen MR) is 114 cm³/mol. The molecule has 2 rings (SSSR count). The maximum Gasteiger partial charge on any atom is 0.216 e. The summed E-state index contributed by atoms with van der Waals surface area (Å²) in [5.41, 5.74) is 2.20. The van der Waals surface area contributed by atoms with Crippen molar-refractivity contribution in [1.29, 1.82) is 0 Å². The van der Waals surface area contributed by atoms with Crippen LogP contribution in [-0.4, -0.2) is 24.0 Å². The van der Waals surface area contributed by atoms with Crippen molar-refractivity contribution < 1.29 is 4.42 Å². The number of halogens is 2. The third kappa shape index (κ3) is 7.64. The maximum absolute atomic E-state index is 5.90. The SMILES string of the molecule is CCNC(=NCc1nc(C)c(C)o1)NCCCc1ccc(Cl)cc1.I. The average molecular weight is 477 g/mol. The summed E-state index contributed by atoms with van der Waals surface area (Å²) in [7, 11) is 0. The Bertz CT molecular complexity index is 651. The standard InChI is InChI=1S/C18H25ClN4O.HI/c1-4-20-18(22-12-17-23-13(2)14(3)24-17)21-11-5-6-15-7-9-16(19)10-8-15;/h7-10H,4-6,11-12H2,1-3H3,(H2,20,21,22);1H. The highest BCUT2D eigenvalue weighted by atomic mass is 127. The highest BCUT2D eigenvalue weighted by Gasteiger charge is 2.05. The van der Waals surface area contributed by atoms with Crippen LogP contribution >= 0.6 is 35.6 Å². The lowest BCUT2D eigenvalue weighted by Gasteiger charge is -2.10. The van der Waals surface area contributed by atoms with Crippen LogP contribution in [0.25, 0.3) is 0 Å². The normalized spacial score (nSPS) is 11.1. The van der Waals surface area contributed by atoms with Gasteiger partial charge in [0.05, 0.1) is 5.69 Å². The number of guanidine groups is 1. The number of hydrogen-bond donors (Lipinski definition) is 2. The Labute approximate surface area is 171 Å². The smallest absolute Gasteiger partial charge is 0.216 e. The van der Waals surface area contributed by atoms with Crippen molar-refractivity contribution in [2.45, 2.75) is 40.2 Å². The molecule has 1 aromatic carbocycles. The lowest BCUT2D eigenvalue weighted by Crippen LogP contribution is -2.37. The summed E-state index contributed by atoms with van der Waals surface area (Å²) in [5.74, 6) is 2.27. The number of nitrogens with one attached hydrogen (secondary N) is 2. The van der Waals surface area contributed by atoms with E-state index in [9.17, 15) is 0 Å². The van der Waals surface area contributed by atoms with Crippen molar-refractivity contribution in [3.05, 3.63) is 52.2 Å². The molecule has 0 saturated heterocycles. The van der Waals surface area contributed by atoms with E-state index in [1.54, 1.807) is 0 Å². The molecule has 0 atom stereocenters. The Morgan fingerprint density at radius 2 is 1.92 bits per heavy atom. The largest absolute Gasteiger partial charge is 0.444 e. The molecule has 0 spiro atoms. The van der Waals surface area contributed by atoms with E-state index in [0.29, 0.717) is 12.4 Å². The molecular formula is C18H26ClIN4O. The Morgan fingerprint density at radius 3 is 2.52 bits per heavy atom. The van der Waals surface area contributed by atoms with Crippen LogP contribution in [0.4, 0.5) is 0 Å². The van der Waals surface area contributed by atoms with E-state index >= 15 is 0 Å². The molecule has 2 aromatic rings. The zero-order chi connectivity index (χ0) is 17.4. The van der Waals surface area contributed by atoms with Gasteiger partial charge in [-0.1, -0.05) is 23.7 Å². The monoisotopic (exact) mass is 476 g/mol. The number of hydrogen-bond acceptors (Lipinski definition) is 3. The van der Waals surface area contributed by atoms with Crippen molar-refractivity contribution in [3.63, 3.8) is 0 Å². The van der Waals surface area contributed by atoms with E-state index < -0.39 is 0 Å². The molecule has 0 aliphatic heterocycles. The van der Waals surface area contributed by atoms with E-state index in [4.69, 9.17) is 16.0 Å². The molecule has 0 fully saturated rings. The Hall–Kier alpha value is -1.28. The molecule has 2 N–H and O–H groups in total. The molecule has 0 radical (unpaired) electrons. The Balaban J connectivity index is 0.00000312. The maximum atomic E-state index is 5.90. The van der Waals surface area contributed by atoms with Gasteiger partial charge in [0.15, 0.2) is 5.96 Å². The summed E-state index contributed by atoms with van der Waals surface area (Å²) in [6.07, 6.45) is 2.02. The summed E-state index contributed by atoms with van der Waals surface area (Å²) in [5, 5.41) is 7.34. The molecule has 0 aliphatic carbocycles. The van der Waals surface area contributed by atoms with Crippen LogP contribution < -0.4 is 10.6 Å². The van der Waals surface area contributed by atoms with Crippen molar-refractivity contribution >= 4 is 41.5 Å². The number of oxazole rings is 1. The predicted octanol–water partition coefficient (Wildman–Crippen LogP) is 4.25. The number of aryl methyl sites for hydroxylation is 3. The quantitative estimate of drug-likeness (QED) is 0.271. The van der Waals surface area contributed by atoms with Crippen LogP contribution in [-0.2, 0) is 13.0 Å². The summed E-state index contributed by atoms with van der Waals surface area (Å²) in [6.45, 7) is 7.98. The molecule has 5 nitrogen and oxygen atoms in total.